The van der Waals surface area contributed by atoms with Gasteiger partial charge in [-0.05, 0) is 25.0 Å². The topological polar surface area (TPSA) is 33.9 Å². The van der Waals surface area contributed by atoms with Crippen LogP contribution in [0.15, 0.2) is 24.3 Å². The number of methoxy groups -OCH3 is 1. The molecule has 0 amide bonds. The van der Waals surface area contributed by atoms with Crippen molar-refractivity contribution >= 4 is 0 Å². The second-order valence-corrected chi connectivity index (χ2v) is 4.88. The molecule has 1 unspecified atom stereocenters. The molecule has 1 aliphatic heterocycles. The molecule has 0 bridgehead atoms. The van der Waals surface area contributed by atoms with Gasteiger partial charge in [0, 0.05) is 11.5 Å². The van der Waals surface area contributed by atoms with E-state index in [4.69, 9.17) is 4.74 Å². The molecular formula is C14H22NO2+. The summed E-state index contributed by atoms with van der Waals surface area (Å²) in [7, 11) is 1.72. The summed E-state index contributed by atoms with van der Waals surface area (Å²) in [5, 5.41) is 9.24. The van der Waals surface area contributed by atoms with Crippen molar-refractivity contribution in [3.05, 3.63) is 29.8 Å². The van der Waals surface area contributed by atoms with Crippen LogP contribution in [-0.4, -0.2) is 31.9 Å². The maximum atomic E-state index is 9.24. The average molecular weight is 236 g/mol. The molecule has 3 heteroatoms. The molecule has 1 aliphatic rings. The Labute approximate surface area is 103 Å². The van der Waals surface area contributed by atoms with E-state index in [2.05, 4.69) is 12.1 Å². The summed E-state index contributed by atoms with van der Waals surface area (Å²) in [4.78, 5) is 1.56. The molecule has 1 aromatic carbocycles. The van der Waals surface area contributed by atoms with Crippen molar-refractivity contribution in [3.8, 4) is 5.75 Å². The number of piperidine rings is 1. The van der Waals surface area contributed by atoms with E-state index in [1.807, 2.05) is 12.1 Å². The number of hydrogen-bond donors (Lipinski definition) is 2. The number of rotatable bonds is 4. The van der Waals surface area contributed by atoms with Gasteiger partial charge in [0.05, 0.1) is 26.8 Å². The van der Waals surface area contributed by atoms with Crippen molar-refractivity contribution in [1.29, 1.82) is 0 Å². The van der Waals surface area contributed by atoms with Gasteiger partial charge in [-0.15, -0.1) is 0 Å². The van der Waals surface area contributed by atoms with Crippen LogP contribution in [0.1, 0.15) is 18.4 Å². The van der Waals surface area contributed by atoms with Crippen molar-refractivity contribution in [2.75, 3.05) is 26.8 Å². The maximum Gasteiger partial charge on any atom is 0.127 e. The van der Waals surface area contributed by atoms with E-state index in [1.54, 1.807) is 12.0 Å². The van der Waals surface area contributed by atoms with Gasteiger partial charge in [0.1, 0.15) is 12.3 Å². The third kappa shape index (κ3) is 3.20. The lowest BCUT2D eigenvalue weighted by Gasteiger charge is -2.29. The van der Waals surface area contributed by atoms with Gasteiger partial charge in [0.15, 0.2) is 0 Å². The fourth-order valence-electron chi connectivity index (χ4n) is 2.69. The summed E-state index contributed by atoms with van der Waals surface area (Å²) in [5.74, 6) is 1.46. The number of ether oxygens (including phenoxy) is 1. The van der Waals surface area contributed by atoms with Crippen molar-refractivity contribution in [2.24, 2.45) is 5.92 Å². The Morgan fingerprint density at radius 3 is 3.00 bits per heavy atom. The molecule has 2 atom stereocenters. The van der Waals surface area contributed by atoms with Gasteiger partial charge >= 0.3 is 0 Å². The molecule has 0 aliphatic carbocycles. The van der Waals surface area contributed by atoms with E-state index in [1.165, 1.54) is 24.9 Å². The predicted molar refractivity (Wildman–Crippen MR) is 67.2 cm³/mol. The molecule has 17 heavy (non-hydrogen) atoms. The molecule has 1 saturated heterocycles. The fraction of sp³-hybridized carbons (Fsp3) is 0.571. The van der Waals surface area contributed by atoms with Crippen LogP contribution in [-0.2, 0) is 6.54 Å². The zero-order chi connectivity index (χ0) is 12.1. The lowest BCUT2D eigenvalue weighted by Crippen LogP contribution is -3.12. The van der Waals surface area contributed by atoms with Crippen LogP contribution >= 0.6 is 0 Å². The fourth-order valence-corrected chi connectivity index (χ4v) is 2.69. The standard InChI is InChI=1S/C14H21NO2/c1-17-14-7-3-2-6-13(14)10-15-8-4-5-12(9-15)11-16/h2-3,6-7,12,16H,4-5,8-11H2,1H3/p+1/t12-/m1/s1. The predicted octanol–water partition coefficient (Wildman–Crippen LogP) is 0.482. The molecule has 3 nitrogen and oxygen atoms in total. The summed E-state index contributed by atoms with van der Waals surface area (Å²) < 4.78 is 5.38. The number of nitrogens with one attached hydrogen (secondary N) is 1. The van der Waals surface area contributed by atoms with E-state index in [0.29, 0.717) is 12.5 Å². The Morgan fingerprint density at radius 1 is 1.41 bits per heavy atom. The molecule has 1 fully saturated rings. The van der Waals surface area contributed by atoms with Crippen LogP contribution in [0.25, 0.3) is 0 Å². The minimum atomic E-state index is 0.329. The maximum absolute atomic E-state index is 9.24. The molecule has 2 rings (SSSR count). The highest BCUT2D eigenvalue weighted by molar-refractivity contribution is 5.32. The van der Waals surface area contributed by atoms with E-state index >= 15 is 0 Å². The number of benzene rings is 1. The number of hydrogen-bond acceptors (Lipinski definition) is 2. The van der Waals surface area contributed by atoms with Gasteiger partial charge in [-0.25, -0.2) is 0 Å². The highest BCUT2D eigenvalue weighted by atomic mass is 16.5. The Hall–Kier alpha value is -1.06. The molecule has 0 saturated carbocycles. The van der Waals surface area contributed by atoms with Gasteiger partial charge in [0.2, 0.25) is 0 Å². The monoisotopic (exact) mass is 236 g/mol. The van der Waals surface area contributed by atoms with Crippen molar-refractivity contribution < 1.29 is 14.7 Å². The summed E-state index contributed by atoms with van der Waals surface area (Å²) in [6.07, 6.45) is 2.39. The van der Waals surface area contributed by atoms with Crippen LogP contribution < -0.4 is 9.64 Å². The lowest BCUT2D eigenvalue weighted by atomic mass is 9.98. The van der Waals surface area contributed by atoms with E-state index < -0.39 is 0 Å². The third-order valence-electron chi connectivity index (χ3n) is 3.61. The second-order valence-electron chi connectivity index (χ2n) is 4.88. The van der Waals surface area contributed by atoms with Crippen molar-refractivity contribution in [1.82, 2.24) is 0 Å². The molecule has 0 radical (unpaired) electrons. The minimum Gasteiger partial charge on any atom is -0.496 e. The van der Waals surface area contributed by atoms with Gasteiger partial charge in [0.25, 0.3) is 0 Å². The zero-order valence-corrected chi connectivity index (χ0v) is 10.5. The molecule has 0 spiro atoms. The van der Waals surface area contributed by atoms with E-state index in [-0.39, 0.29) is 0 Å². The first kappa shape index (κ1) is 12.4. The Balaban J connectivity index is 2.00. The quantitative estimate of drug-likeness (QED) is 0.797. The van der Waals surface area contributed by atoms with Crippen LogP contribution in [0.4, 0.5) is 0 Å². The highest BCUT2D eigenvalue weighted by Crippen LogP contribution is 2.16. The Kier molecular flexibility index (Phi) is 4.40. The first-order chi connectivity index (χ1) is 8.33. The molecule has 1 heterocycles. The van der Waals surface area contributed by atoms with Crippen LogP contribution in [0.3, 0.4) is 0 Å². The number of para-hydroxylation sites is 1. The lowest BCUT2D eigenvalue weighted by molar-refractivity contribution is -0.922. The zero-order valence-electron chi connectivity index (χ0n) is 10.5. The third-order valence-corrected chi connectivity index (χ3v) is 3.61. The molecular weight excluding hydrogens is 214 g/mol. The van der Waals surface area contributed by atoms with Gasteiger partial charge in [-0.3, -0.25) is 0 Å². The minimum absolute atomic E-state index is 0.329. The van der Waals surface area contributed by atoms with Crippen LogP contribution in [0.2, 0.25) is 0 Å². The summed E-state index contributed by atoms with van der Waals surface area (Å²) in [6, 6.07) is 8.21. The number of likely N-dealkylation sites (tertiary alicyclic amines) is 1. The molecule has 0 aromatic heterocycles. The summed E-state index contributed by atoms with van der Waals surface area (Å²) >= 11 is 0. The molecule has 2 N–H and O–H groups in total. The van der Waals surface area contributed by atoms with Crippen molar-refractivity contribution in [3.63, 3.8) is 0 Å². The highest BCUT2D eigenvalue weighted by Gasteiger charge is 2.23. The number of aliphatic hydroxyl groups is 1. The van der Waals surface area contributed by atoms with E-state index in [0.717, 1.165) is 18.8 Å². The first-order valence-electron chi connectivity index (χ1n) is 6.39. The Morgan fingerprint density at radius 2 is 2.24 bits per heavy atom. The van der Waals surface area contributed by atoms with Crippen LogP contribution in [0.5, 0.6) is 5.75 Å². The first-order valence-corrected chi connectivity index (χ1v) is 6.39. The Bertz CT molecular complexity index is 354. The smallest absolute Gasteiger partial charge is 0.127 e. The SMILES string of the molecule is COc1ccccc1C[NH+]1CCC[C@@H](CO)C1. The molecule has 1 aromatic rings. The number of quaternary nitrogens is 1. The van der Waals surface area contributed by atoms with E-state index in [9.17, 15) is 5.11 Å². The van der Waals surface area contributed by atoms with Gasteiger partial charge in [-0.2, -0.15) is 0 Å². The van der Waals surface area contributed by atoms with Gasteiger partial charge in [-0.1, -0.05) is 12.1 Å². The van der Waals surface area contributed by atoms with Crippen LogP contribution in [0, 0.1) is 5.92 Å². The average Bonchev–Trinajstić information content (AvgIpc) is 2.39. The normalized spacial score (nSPS) is 24.6. The molecule has 94 valence electrons. The summed E-state index contributed by atoms with van der Waals surface area (Å²) in [5.41, 5.74) is 1.27. The summed E-state index contributed by atoms with van der Waals surface area (Å²) in [6.45, 7) is 3.61. The largest absolute Gasteiger partial charge is 0.496 e. The van der Waals surface area contributed by atoms with Gasteiger partial charge < -0.3 is 14.7 Å². The second kappa shape index (κ2) is 6.03. The van der Waals surface area contributed by atoms with Crippen molar-refractivity contribution in [2.45, 2.75) is 19.4 Å². The number of aliphatic hydroxyl groups excluding tert-OH is 1.